The van der Waals surface area contributed by atoms with Crippen LogP contribution >= 0.6 is 21.6 Å². The van der Waals surface area contributed by atoms with Crippen LogP contribution in [-0.2, 0) is 0 Å². The van der Waals surface area contributed by atoms with Crippen molar-refractivity contribution in [2.24, 2.45) is 9.98 Å². The van der Waals surface area contributed by atoms with Gasteiger partial charge in [-0.3, -0.25) is 9.98 Å². The van der Waals surface area contributed by atoms with E-state index in [0.717, 1.165) is 18.0 Å². The van der Waals surface area contributed by atoms with Gasteiger partial charge >= 0.3 is 0 Å². The zero-order valence-corrected chi connectivity index (χ0v) is 7.99. The molecule has 4 heteroatoms. The van der Waals surface area contributed by atoms with E-state index < -0.39 is 0 Å². The minimum atomic E-state index is 0.751. The summed E-state index contributed by atoms with van der Waals surface area (Å²) in [6.45, 7) is 0.751. The molecule has 0 N–H and O–H groups in total. The van der Waals surface area contributed by atoms with Crippen LogP contribution < -0.4 is 0 Å². The van der Waals surface area contributed by atoms with Crippen molar-refractivity contribution in [1.82, 2.24) is 0 Å². The Bertz CT molecular complexity index is 197. The predicted octanol–water partition coefficient (Wildman–Crippen LogP) is 2.04. The highest BCUT2D eigenvalue weighted by Crippen LogP contribution is 2.16. The predicted molar refractivity (Wildman–Crippen MR) is 55.9 cm³/mol. The second kappa shape index (κ2) is 5.43. The molecule has 1 heterocycles. The lowest BCUT2D eigenvalue weighted by Crippen LogP contribution is -2.04. The van der Waals surface area contributed by atoms with Crippen molar-refractivity contribution < 1.29 is 0 Å². The summed E-state index contributed by atoms with van der Waals surface area (Å²) >= 11 is 0. The number of allylic oxidation sites excluding steroid dienone is 1. The molecule has 0 radical (unpaired) electrons. The van der Waals surface area contributed by atoms with Gasteiger partial charge in [-0.25, -0.2) is 0 Å². The van der Waals surface area contributed by atoms with Crippen molar-refractivity contribution in [1.29, 1.82) is 0 Å². The number of aliphatic imine (C=N–C) groups is 2. The molecule has 1 aliphatic rings. The van der Waals surface area contributed by atoms with Gasteiger partial charge in [0, 0.05) is 18.2 Å². The summed E-state index contributed by atoms with van der Waals surface area (Å²) in [5.41, 5.74) is 1.15. The normalized spacial score (nSPS) is 16.3. The fraction of sp³-hybridized carbons (Fsp3) is 0.429. The van der Waals surface area contributed by atoms with Crippen molar-refractivity contribution in [3.63, 3.8) is 0 Å². The third-order valence-electron chi connectivity index (χ3n) is 1.15. The van der Waals surface area contributed by atoms with Gasteiger partial charge in [-0.15, -0.1) is 0 Å². The first kappa shape index (κ1) is 8.87. The molecule has 11 heavy (non-hydrogen) atoms. The van der Waals surface area contributed by atoms with Crippen LogP contribution in [-0.4, -0.2) is 30.5 Å². The number of hydrogen-bond acceptors (Lipinski definition) is 4. The first-order chi connectivity index (χ1) is 5.43. The van der Waals surface area contributed by atoms with E-state index in [4.69, 9.17) is 0 Å². The van der Waals surface area contributed by atoms with E-state index in [-0.39, 0.29) is 0 Å². The number of nitrogens with zero attached hydrogens (tertiary/aromatic N) is 2. The molecule has 0 spiro atoms. The van der Waals surface area contributed by atoms with Crippen molar-refractivity contribution in [3.05, 3.63) is 12.3 Å². The lowest BCUT2D eigenvalue weighted by Gasteiger charge is -1.97. The van der Waals surface area contributed by atoms with Crippen LogP contribution in [0.2, 0.25) is 0 Å². The molecule has 0 unspecified atom stereocenters. The van der Waals surface area contributed by atoms with Gasteiger partial charge in [-0.1, -0.05) is 21.6 Å². The van der Waals surface area contributed by atoms with Crippen molar-refractivity contribution in [2.75, 3.05) is 18.6 Å². The summed E-state index contributed by atoms with van der Waals surface area (Å²) in [7, 11) is 3.56. The molecule has 1 rings (SSSR count). The Balaban J connectivity index is 2.38. The van der Waals surface area contributed by atoms with E-state index in [2.05, 4.69) is 16.2 Å². The Morgan fingerprint density at radius 3 is 3.36 bits per heavy atom. The van der Waals surface area contributed by atoms with E-state index in [1.54, 1.807) is 34.0 Å². The SMILES string of the molecule is CSSCC1=NC=CC=NC1. The Morgan fingerprint density at radius 1 is 1.64 bits per heavy atom. The quantitative estimate of drug-likeness (QED) is 0.630. The third-order valence-corrected chi connectivity index (χ3v) is 2.90. The molecule has 0 aromatic rings. The van der Waals surface area contributed by atoms with Crippen molar-refractivity contribution in [2.45, 2.75) is 0 Å². The van der Waals surface area contributed by atoms with E-state index in [0.29, 0.717) is 0 Å². The van der Waals surface area contributed by atoms with Crippen LogP contribution in [0.25, 0.3) is 0 Å². The smallest absolute Gasteiger partial charge is 0.0781 e. The monoisotopic (exact) mass is 186 g/mol. The minimum Gasteiger partial charge on any atom is -0.287 e. The zero-order chi connectivity index (χ0) is 7.94. The molecule has 0 saturated carbocycles. The standard InChI is InChI=1S/C7H10N2S2/c1-10-11-6-7-5-8-3-2-4-9-7/h2-4H,5-6H2,1H3. The average molecular weight is 186 g/mol. The van der Waals surface area contributed by atoms with Gasteiger partial charge in [0.1, 0.15) is 0 Å². The fourth-order valence-electron chi connectivity index (χ4n) is 0.657. The zero-order valence-electron chi connectivity index (χ0n) is 6.36. The Morgan fingerprint density at radius 2 is 2.55 bits per heavy atom. The summed E-state index contributed by atoms with van der Waals surface area (Å²) in [5, 5.41) is 0. The molecule has 0 fully saturated rings. The summed E-state index contributed by atoms with van der Waals surface area (Å²) in [5.74, 6) is 0.975. The second-order valence-corrected chi connectivity index (χ2v) is 4.52. The summed E-state index contributed by atoms with van der Waals surface area (Å²) < 4.78 is 0. The maximum absolute atomic E-state index is 4.24. The second-order valence-electron chi connectivity index (χ2n) is 1.96. The minimum absolute atomic E-state index is 0.751. The number of rotatable bonds is 3. The maximum Gasteiger partial charge on any atom is 0.0781 e. The molecule has 2 nitrogen and oxygen atoms in total. The average Bonchev–Trinajstić information content (AvgIpc) is 2.28. The summed E-state index contributed by atoms with van der Waals surface area (Å²) in [6.07, 6.45) is 7.52. The Labute approximate surface area is 74.7 Å². The maximum atomic E-state index is 4.24. The van der Waals surface area contributed by atoms with Gasteiger partial charge in [0.05, 0.1) is 12.3 Å². The van der Waals surface area contributed by atoms with Crippen molar-refractivity contribution >= 4 is 33.5 Å². The molecule has 1 aliphatic heterocycles. The number of hydrogen-bond donors (Lipinski definition) is 0. The first-order valence-corrected chi connectivity index (χ1v) is 6.02. The van der Waals surface area contributed by atoms with Crippen LogP contribution in [0.15, 0.2) is 22.3 Å². The van der Waals surface area contributed by atoms with Gasteiger partial charge in [-0.05, 0) is 12.3 Å². The Kier molecular flexibility index (Phi) is 4.38. The lowest BCUT2D eigenvalue weighted by molar-refractivity contribution is 1.30. The molecule has 0 aliphatic carbocycles. The topological polar surface area (TPSA) is 24.7 Å². The molecule has 60 valence electrons. The molecular formula is C7H10N2S2. The third kappa shape index (κ3) is 3.62. The molecule has 0 amide bonds. The van der Waals surface area contributed by atoms with Crippen LogP contribution in [0.5, 0.6) is 0 Å². The summed E-state index contributed by atoms with van der Waals surface area (Å²) in [4.78, 5) is 8.38. The van der Waals surface area contributed by atoms with Crippen LogP contribution in [0.3, 0.4) is 0 Å². The van der Waals surface area contributed by atoms with Gasteiger partial charge in [0.25, 0.3) is 0 Å². The van der Waals surface area contributed by atoms with E-state index in [1.807, 2.05) is 6.08 Å². The van der Waals surface area contributed by atoms with E-state index in [1.165, 1.54) is 0 Å². The van der Waals surface area contributed by atoms with Gasteiger partial charge < -0.3 is 0 Å². The molecular weight excluding hydrogens is 176 g/mol. The highest BCUT2D eigenvalue weighted by Gasteiger charge is 1.97. The van der Waals surface area contributed by atoms with E-state index in [9.17, 15) is 0 Å². The molecule has 0 bridgehead atoms. The van der Waals surface area contributed by atoms with Crippen LogP contribution in [0.1, 0.15) is 0 Å². The van der Waals surface area contributed by atoms with Gasteiger partial charge in [0.2, 0.25) is 0 Å². The highest BCUT2D eigenvalue weighted by molar-refractivity contribution is 8.76. The molecule has 0 saturated heterocycles. The largest absolute Gasteiger partial charge is 0.287 e. The Hall–Kier alpha value is -0.220. The van der Waals surface area contributed by atoms with Gasteiger partial charge in [0.15, 0.2) is 0 Å². The van der Waals surface area contributed by atoms with Gasteiger partial charge in [-0.2, -0.15) is 0 Å². The molecule has 0 atom stereocenters. The summed E-state index contributed by atoms with van der Waals surface area (Å²) in [6, 6.07) is 0. The highest BCUT2D eigenvalue weighted by atomic mass is 33.1. The van der Waals surface area contributed by atoms with Crippen LogP contribution in [0.4, 0.5) is 0 Å². The fourth-order valence-corrected chi connectivity index (χ4v) is 1.84. The van der Waals surface area contributed by atoms with E-state index >= 15 is 0 Å². The first-order valence-electron chi connectivity index (χ1n) is 3.29. The molecule has 0 aromatic carbocycles. The van der Waals surface area contributed by atoms with Crippen LogP contribution in [0, 0.1) is 0 Å². The molecule has 0 aromatic heterocycles. The van der Waals surface area contributed by atoms with Crippen molar-refractivity contribution in [3.8, 4) is 0 Å². The lowest BCUT2D eigenvalue weighted by atomic mass is 10.4.